The van der Waals surface area contributed by atoms with Gasteiger partial charge in [-0.15, -0.1) is 0 Å². The van der Waals surface area contributed by atoms with Crippen LogP contribution in [0.5, 0.6) is 0 Å². The molecule has 0 radical (unpaired) electrons. The molecule has 2 nitrogen and oxygen atoms in total. The van der Waals surface area contributed by atoms with Crippen LogP contribution in [0.15, 0.2) is 0 Å². The van der Waals surface area contributed by atoms with E-state index in [-0.39, 0.29) is 5.60 Å². The van der Waals surface area contributed by atoms with Gasteiger partial charge in [-0.05, 0) is 117 Å². The molecule has 0 aliphatic heterocycles. The summed E-state index contributed by atoms with van der Waals surface area (Å²) in [5.74, 6) is 6.21. The number of aliphatic hydroxyl groups excluding tert-OH is 1. The Morgan fingerprint density at radius 3 is 2.33 bits per heavy atom. The molecule has 156 valence electrons. The maximum absolute atomic E-state index is 11.2. The first-order valence-electron chi connectivity index (χ1n) is 12.1. The van der Waals surface area contributed by atoms with E-state index in [0.29, 0.717) is 23.9 Å². The average Bonchev–Trinajstić information content (AvgIpc) is 2.96. The van der Waals surface area contributed by atoms with Crippen LogP contribution in [0.1, 0.15) is 91.9 Å². The van der Waals surface area contributed by atoms with Crippen LogP contribution < -0.4 is 0 Å². The summed E-state index contributed by atoms with van der Waals surface area (Å²) < 4.78 is 0. The Balaban J connectivity index is 1.48. The van der Waals surface area contributed by atoms with Crippen molar-refractivity contribution in [3.05, 3.63) is 0 Å². The van der Waals surface area contributed by atoms with Crippen molar-refractivity contribution in [2.24, 2.45) is 52.8 Å². The average molecular weight is 377 g/mol. The summed E-state index contributed by atoms with van der Waals surface area (Å²) in [6, 6.07) is 0. The first kappa shape index (κ1) is 20.2. The van der Waals surface area contributed by atoms with Crippen LogP contribution in [-0.2, 0) is 0 Å². The van der Waals surface area contributed by atoms with E-state index >= 15 is 0 Å². The molecular formula is C25H44O2. The smallest absolute Gasteiger partial charge is 0.0653 e. The summed E-state index contributed by atoms with van der Waals surface area (Å²) in [4.78, 5) is 0. The van der Waals surface area contributed by atoms with Gasteiger partial charge in [-0.25, -0.2) is 0 Å². The Labute approximate surface area is 167 Å². The van der Waals surface area contributed by atoms with Gasteiger partial charge in [-0.1, -0.05) is 27.7 Å². The number of hydrogen-bond donors (Lipinski definition) is 2. The summed E-state index contributed by atoms with van der Waals surface area (Å²) in [6.45, 7) is 9.73. The van der Waals surface area contributed by atoms with Crippen LogP contribution >= 0.6 is 0 Å². The van der Waals surface area contributed by atoms with Gasteiger partial charge in [0.1, 0.15) is 0 Å². The van der Waals surface area contributed by atoms with E-state index in [1.165, 1.54) is 44.9 Å². The van der Waals surface area contributed by atoms with Crippen LogP contribution in [0.2, 0.25) is 0 Å². The zero-order valence-electron chi connectivity index (χ0n) is 18.3. The molecule has 4 aliphatic carbocycles. The van der Waals surface area contributed by atoms with Crippen molar-refractivity contribution >= 4 is 0 Å². The molecule has 4 saturated carbocycles. The lowest BCUT2D eigenvalue weighted by Crippen LogP contribution is -2.51. The number of hydrogen-bond acceptors (Lipinski definition) is 2. The van der Waals surface area contributed by atoms with E-state index in [9.17, 15) is 10.2 Å². The highest BCUT2D eigenvalue weighted by molar-refractivity contribution is 5.07. The molecule has 0 aromatic heterocycles. The summed E-state index contributed by atoms with van der Waals surface area (Å²) in [7, 11) is 0. The Kier molecular flexibility index (Phi) is 5.47. The van der Waals surface area contributed by atoms with Gasteiger partial charge in [-0.2, -0.15) is 0 Å². The van der Waals surface area contributed by atoms with Gasteiger partial charge in [0.25, 0.3) is 0 Å². The maximum atomic E-state index is 11.2. The van der Waals surface area contributed by atoms with Gasteiger partial charge >= 0.3 is 0 Å². The van der Waals surface area contributed by atoms with Crippen molar-refractivity contribution in [2.75, 3.05) is 6.61 Å². The molecule has 0 bridgehead atoms. The number of fused-ring (bicyclic) bond motifs is 5. The van der Waals surface area contributed by atoms with Gasteiger partial charge in [0.05, 0.1) is 5.60 Å². The Hall–Kier alpha value is -0.0800. The fourth-order valence-corrected chi connectivity index (χ4v) is 9.01. The second kappa shape index (κ2) is 7.31. The highest BCUT2D eigenvalue weighted by Gasteiger charge is 2.58. The predicted octanol–water partition coefficient (Wildman–Crippen LogP) is 5.66. The third kappa shape index (κ3) is 3.41. The van der Waals surface area contributed by atoms with Crippen molar-refractivity contribution < 1.29 is 10.2 Å². The number of aliphatic hydroxyl groups is 2. The van der Waals surface area contributed by atoms with E-state index in [1.54, 1.807) is 0 Å². The summed E-state index contributed by atoms with van der Waals surface area (Å²) >= 11 is 0. The SMILES string of the molecule is CC(C)C[C@@]1(O)CC[C@H]2[C@H](CC[C@@H]3[C@@H]2CC[C@]2(C)[C@@H](C(C)CO)CC[C@@H]32)C1. The molecule has 0 spiro atoms. The van der Waals surface area contributed by atoms with Crippen LogP contribution in [0, 0.1) is 52.8 Å². The summed E-state index contributed by atoms with van der Waals surface area (Å²) in [6.07, 6.45) is 12.7. The highest BCUT2D eigenvalue weighted by Crippen LogP contribution is 2.65. The van der Waals surface area contributed by atoms with Crippen molar-refractivity contribution in [3.63, 3.8) is 0 Å². The van der Waals surface area contributed by atoms with E-state index in [0.717, 1.165) is 54.8 Å². The molecule has 4 fully saturated rings. The lowest BCUT2D eigenvalue weighted by atomic mass is 9.48. The molecule has 4 rings (SSSR count). The third-order valence-corrected chi connectivity index (χ3v) is 9.94. The molecule has 0 saturated heterocycles. The standard InChI is InChI=1S/C25H44O2/c1-16(2)13-25(27)12-10-19-18(14-25)5-6-21-20(19)9-11-24(4)22(17(3)15-26)7-8-23(21)24/h16-23,26-27H,5-15H2,1-4H3/t17?,18-,19+,20-,21-,22-,23+,24-,25+/m1/s1. The second-order valence-corrected chi connectivity index (χ2v) is 11.9. The van der Waals surface area contributed by atoms with E-state index in [1.807, 2.05) is 0 Å². The molecule has 4 aliphatic rings. The summed E-state index contributed by atoms with van der Waals surface area (Å²) in [5, 5.41) is 20.9. The Morgan fingerprint density at radius 2 is 1.63 bits per heavy atom. The van der Waals surface area contributed by atoms with Crippen molar-refractivity contribution in [1.82, 2.24) is 0 Å². The maximum Gasteiger partial charge on any atom is 0.0653 e. The Bertz CT molecular complexity index is 530. The van der Waals surface area contributed by atoms with Gasteiger partial charge in [0, 0.05) is 6.61 Å². The second-order valence-electron chi connectivity index (χ2n) is 11.9. The fraction of sp³-hybridized carbons (Fsp3) is 1.00. The van der Waals surface area contributed by atoms with Gasteiger partial charge in [0.15, 0.2) is 0 Å². The molecule has 0 aromatic carbocycles. The minimum atomic E-state index is -0.375. The molecule has 2 N–H and O–H groups in total. The normalized spacial score (nSPS) is 50.8. The van der Waals surface area contributed by atoms with Crippen LogP contribution in [-0.4, -0.2) is 22.4 Å². The van der Waals surface area contributed by atoms with Crippen molar-refractivity contribution in [1.29, 1.82) is 0 Å². The minimum Gasteiger partial charge on any atom is -0.396 e. The van der Waals surface area contributed by atoms with Crippen LogP contribution in [0.4, 0.5) is 0 Å². The summed E-state index contributed by atoms with van der Waals surface area (Å²) in [5.41, 5.74) is 0.101. The van der Waals surface area contributed by atoms with E-state index in [4.69, 9.17) is 0 Å². The lowest BCUT2D eigenvalue weighted by molar-refractivity contribution is -0.114. The first-order chi connectivity index (χ1) is 12.8. The third-order valence-electron chi connectivity index (χ3n) is 9.94. The first-order valence-corrected chi connectivity index (χ1v) is 12.1. The van der Waals surface area contributed by atoms with E-state index < -0.39 is 0 Å². The van der Waals surface area contributed by atoms with E-state index in [2.05, 4.69) is 27.7 Å². The zero-order valence-corrected chi connectivity index (χ0v) is 18.3. The van der Waals surface area contributed by atoms with Crippen molar-refractivity contribution in [3.8, 4) is 0 Å². The minimum absolute atomic E-state index is 0.361. The quantitative estimate of drug-likeness (QED) is 0.664. The Morgan fingerprint density at radius 1 is 0.889 bits per heavy atom. The molecular weight excluding hydrogens is 332 g/mol. The largest absolute Gasteiger partial charge is 0.396 e. The van der Waals surface area contributed by atoms with Crippen LogP contribution in [0.3, 0.4) is 0 Å². The topological polar surface area (TPSA) is 40.5 Å². The molecule has 0 heterocycles. The molecule has 1 unspecified atom stereocenters. The fourth-order valence-electron chi connectivity index (χ4n) is 9.01. The van der Waals surface area contributed by atoms with Gasteiger partial charge in [0.2, 0.25) is 0 Å². The molecule has 0 amide bonds. The van der Waals surface area contributed by atoms with Crippen molar-refractivity contribution in [2.45, 2.75) is 97.5 Å². The monoisotopic (exact) mass is 376 g/mol. The van der Waals surface area contributed by atoms with Gasteiger partial charge in [-0.3, -0.25) is 0 Å². The molecule has 9 atom stereocenters. The zero-order chi connectivity index (χ0) is 19.4. The molecule has 2 heteroatoms. The predicted molar refractivity (Wildman–Crippen MR) is 111 cm³/mol. The highest BCUT2D eigenvalue weighted by atomic mass is 16.3. The molecule has 0 aromatic rings. The van der Waals surface area contributed by atoms with Gasteiger partial charge < -0.3 is 10.2 Å². The molecule has 27 heavy (non-hydrogen) atoms. The number of rotatable bonds is 4. The lowest BCUT2D eigenvalue weighted by Gasteiger charge is -2.57. The van der Waals surface area contributed by atoms with Crippen LogP contribution in [0.25, 0.3) is 0 Å².